The van der Waals surface area contributed by atoms with Crippen molar-refractivity contribution in [3.05, 3.63) is 6.92 Å². The van der Waals surface area contributed by atoms with Crippen molar-refractivity contribution in [3.63, 3.8) is 0 Å². The van der Waals surface area contributed by atoms with Gasteiger partial charge in [0.25, 0.3) is 0 Å². The Bertz CT molecular complexity index is 81.1. The maximum absolute atomic E-state index is 10.8. The molecule has 1 fully saturated rings. The highest BCUT2D eigenvalue weighted by Crippen LogP contribution is 2.01. The Labute approximate surface area is 59.4 Å². The zero-order chi connectivity index (χ0) is 6.69. The first-order valence-corrected chi connectivity index (χ1v) is 4.68. The summed E-state index contributed by atoms with van der Waals surface area (Å²) in [7, 11) is 0. The van der Waals surface area contributed by atoms with E-state index in [1.807, 2.05) is 0 Å². The Hall–Kier alpha value is 0.270. The van der Waals surface area contributed by atoms with Crippen LogP contribution < -0.4 is 0 Å². The highest BCUT2D eigenvalue weighted by atomic mass is 32.2. The first-order valence-electron chi connectivity index (χ1n) is 3.19. The minimum absolute atomic E-state index is 0.532. The first-order chi connectivity index (χ1) is 4.33. The van der Waals surface area contributed by atoms with E-state index in [0.717, 1.165) is 31.1 Å². The smallest absolute Gasteiger partial charge is 0.118 e. The molecule has 9 heavy (non-hydrogen) atoms. The molecule has 1 radical (unpaired) electrons. The topological polar surface area (TPSA) is 26.3 Å². The number of rotatable bonds is 1. The van der Waals surface area contributed by atoms with Gasteiger partial charge in [0, 0.05) is 13.1 Å². The van der Waals surface area contributed by atoms with E-state index in [-0.39, 0.29) is 0 Å². The van der Waals surface area contributed by atoms with Crippen LogP contribution in [0.1, 0.15) is 0 Å². The van der Waals surface area contributed by atoms with Crippen molar-refractivity contribution in [1.29, 1.82) is 0 Å². The monoisotopic (exact) mass is 146 g/mol. The molecule has 0 aromatic carbocycles. The zero-order valence-corrected chi connectivity index (χ0v) is 6.32. The lowest BCUT2D eigenvalue weighted by Crippen LogP contribution is -2.39. The van der Waals surface area contributed by atoms with Gasteiger partial charge >= 0.3 is 0 Å². The van der Waals surface area contributed by atoms with Gasteiger partial charge in [0.2, 0.25) is 0 Å². The van der Waals surface area contributed by atoms with E-state index in [0.29, 0.717) is 0 Å². The second kappa shape index (κ2) is 3.44. The summed E-state index contributed by atoms with van der Waals surface area (Å²) >= 11 is -0.532. The van der Waals surface area contributed by atoms with Gasteiger partial charge in [0.1, 0.15) is 11.5 Å². The molecule has 1 aliphatic heterocycles. The summed E-state index contributed by atoms with van der Waals surface area (Å²) in [6, 6.07) is 0. The van der Waals surface area contributed by atoms with Gasteiger partial charge in [-0.1, -0.05) is 11.2 Å². The number of hydrogen-bond acceptors (Lipinski definition) is 2. The fraction of sp³-hybridized carbons (Fsp3) is 0.833. The molecule has 2 nitrogen and oxygen atoms in total. The van der Waals surface area contributed by atoms with Crippen LogP contribution in [0.25, 0.3) is 0 Å². The van der Waals surface area contributed by atoms with Gasteiger partial charge in [-0.3, -0.25) is 4.90 Å². The molecular weight excluding hydrogens is 134 g/mol. The van der Waals surface area contributed by atoms with Gasteiger partial charge in [-0.15, -0.1) is 0 Å². The van der Waals surface area contributed by atoms with Crippen molar-refractivity contribution >= 4 is 11.2 Å². The van der Waals surface area contributed by atoms with Gasteiger partial charge in [0.05, 0.1) is 0 Å². The van der Waals surface area contributed by atoms with Crippen LogP contribution in [0, 0.1) is 6.92 Å². The molecule has 0 unspecified atom stereocenters. The molecule has 0 spiro atoms. The van der Waals surface area contributed by atoms with Crippen LogP contribution in [0.3, 0.4) is 0 Å². The molecular formula is C6H12NOS. The molecule has 0 aliphatic carbocycles. The average Bonchev–Trinajstić information content (AvgIpc) is 1.90. The third-order valence-electron chi connectivity index (χ3n) is 1.59. The van der Waals surface area contributed by atoms with Crippen LogP contribution in [0.4, 0.5) is 0 Å². The van der Waals surface area contributed by atoms with Gasteiger partial charge < -0.3 is 4.55 Å². The SMILES string of the molecule is [CH2]CN1CC[S+]([O-])CC1. The van der Waals surface area contributed by atoms with Gasteiger partial charge in [-0.25, -0.2) is 0 Å². The molecule has 0 aromatic rings. The molecule has 1 saturated heterocycles. The van der Waals surface area contributed by atoms with Gasteiger partial charge in [-0.2, -0.15) is 0 Å². The summed E-state index contributed by atoms with van der Waals surface area (Å²) in [6.45, 7) is 6.56. The molecule has 0 amide bonds. The lowest BCUT2D eigenvalue weighted by Gasteiger charge is -2.26. The van der Waals surface area contributed by atoms with Crippen molar-refractivity contribution in [1.82, 2.24) is 4.90 Å². The number of hydrogen-bond donors (Lipinski definition) is 0. The third kappa shape index (κ3) is 2.16. The Morgan fingerprint density at radius 3 is 2.44 bits per heavy atom. The van der Waals surface area contributed by atoms with Crippen LogP contribution in [0.2, 0.25) is 0 Å². The second-order valence-electron chi connectivity index (χ2n) is 2.19. The summed E-state index contributed by atoms with van der Waals surface area (Å²) < 4.78 is 10.8. The van der Waals surface area contributed by atoms with Crippen molar-refractivity contribution in [2.24, 2.45) is 0 Å². The predicted octanol–water partition coefficient (Wildman–Crippen LogP) is -0.115. The molecule has 0 N–H and O–H groups in total. The lowest BCUT2D eigenvalue weighted by molar-refractivity contribution is 0.325. The van der Waals surface area contributed by atoms with Crippen LogP contribution in [0.15, 0.2) is 0 Å². The second-order valence-corrected chi connectivity index (χ2v) is 3.89. The largest absolute Gasteiger partial charge is 0.616 e. The van der Waals surface area contributed by atoms with Crippen LogP contribution in [0.5, 0.6) is 0 Å². The van der Waals surface area contributed by atoms with E-state index in [1.54, 1.807) is 0 Å². The Balaban J connectivity index is 2.18. The third-order valence-corrected chi connectivity index (χ3v) is 2.86. The van der Waals surface area contributed by atoms with E-state index in [2.05, 4.69) is 11.8 Å². The normalized spacial score (nSPS) is 24.7. The molecule has 0 aromatic heterocycles. The average molecular weight is 146 g/mol. The Morgan fingerprint density at radius 2 is 2.00 bits per heavy atom. The maximum Gasteiger partial charge on any atom is 0.118 e. The molecule has 0 saturated carbocycles. The first kappa shape index (κ1) is 7.38. The quantitative estimate of drug-likeness (QED) is 0.482. The summed E-state index contributed by atoms with van der Waals surface area (Å²) in [5.41, 5.74) is 0. The fourth-order valence-corrected chi connectivity index (χ4v) is 2.03. The fourth-order valence-electron chi connectivity index (χ4n) is 0.899. The zero-order valence-electron chi connectivity index (χ0n) is 5.51. The van der Waals surface area contributed by atoms with E-state index in [4.69, 9.17) is 0 Å². The highest BCUT2D eigenvalue weighted by molar-refractivity contribution is 7.91. The molecule has 1 aliphatic rings. The molecule has 0 atom stereocenters. The maximum atomic E-state index is 10.8. The Kier molecular flexibility index (Phi) is 2.82. The molecule has 1 heterocycles. The summed E-state index contributed by atoms with van der Waals surface area (Å²) in [5.74, 6) is 1.69. The van der Waals surface area contributed by atoms with Crippen LogP contribution >= 0.6 is 0 Å². The summed E-state index contributed by atoms with van der Waals surface area (Å²) in [5, 5.41) is 0. The van der Waals surface area contributed by atoms with Crippen molar-refractivity contribution in [2.45, 2.75) is 0 Å². The molecule has 3 heteroatoms. The van der Waals surface area contributed by atoms with E-state index < -0.39 is 11.2 Å². The van der Waals surface area contributed by atoms with Crippen molar-refractivity contribution < 1.29 is 4.55 Å². The van der Waals surface area contributed by atoms with E-state index in [9.17, 15) is 4.55 Å². The van der Waals surface area contributed by atoms with E-state index in [1.165, 1.54) is 0 Å². The molecule has 53 valence electrons. The van der Waals surface area contributed by atoms with Crippen LogP contribution in [-0.2, 0) is 11.2 Å². The lowest BCUT2D eigenvalue weighted by atomic mass is 10.5. The predicted molar refractivity (Wildman–Crippen MR) is 39.7 cm³/mol. The highest BCUT2D eigenvalue weighted by Gasteiger charge is 2.16. The van der Waals surface area contributed by atoms with Gasteiger partial charge in [0.15, 0.2) is 0 Å². The van der Waals surface area contributed by atoms with Gasteiger partial charge in [-0.05, 0) is 13.5 Å². The minimum Gasteiger partial charge on any atom is -0.616 e. The van der Waals surface area contributed by atoms with E-state index >= 15 is 0 Å². The molecule has 1 rings (SSSR count). The summed E-state index contributed by atoms with van der Waals surface area (Å²) in [6.07, 6.45) is 0. The summed E-state index contributed by atoms with van der Waals surface area (Å²) in [4.78, 5) is 2.22. The molecule has 0 bridgehead atoms. The van der Waals surface area contributed by atoms with Crippen molar-refractivity contribution in [2.75, 3.05) is 31.1 Å². The minimum atomic E-state index is -0.532. The van der Waals surface area contributed by atoms with Crippen LogP contribution in [-0.4, -0.2) is 40.6 Å². The van der Waals surface area contributed by atoms with Crippen molar-refractivity contribution in [3.8, 4) is 0 Å². The Morgan fingerprint density at radius 1 is 1.44 bits per heavy atom. The number of nitrogens with zero attached hydrogens (tertiary/aromatic N) is 1. The standard InChI is InChI=1S/C6H12NOS/c1-2-7-3-5-9(8)6-4-7/h1-6H2.